The third-order valence-electron chi connectivity index (χ3n) is 4.03. The predicted molar refractivity (Wildman–Crippen MR) is 90.0 cm³/mol. The highest BCUT2D eigenvalue weighted by Gasteiger charge is 2.32. The first-order valence-corrected chi connectivity index (χ1v) is 7.65. The Balaban J connectivity index is 1.74. The molecule has 0 saturated heterocycles. The van der Waals surface area contributed by atoms with Crippen LogP contribution in [0.2, 0.25) is 0 Å². The van der Waals surface area contributed by atoms with E-state index in [2.05, 4.69) is 10.1 Å². The van der Waals surface area contributed by atoms with Crippen LogP contribution >= 0.6 is 0 Å². The van der Waals surface area contributed by atoms with Crippen molar-refractivity contribution in [1.29, 1.82) is 0 Å². The molecular weight excluding hydrogens is 302 g/mol. The third kappa shape index (κ3) is 2.31. The van der Waals surface area contributed by atoms with Gasteiger partial charge >= 0.3 is 0 Å². The molecule has 0 spiro atoms. The molecule has 0 radical (unpaired) electrons. The third-order valence-corrected chi connectivity index (χ3v) is 4.03. The topological polar surface area (TPSA) is 56.5 Å². The Hall–Kier alpha value is -3.21. The number of ketones is 1. The van der Waals surface area contributed by atoms with Crippen molar-refractivity contribution in [3.63, 3.8) is 0 Å². The molecule has 0 atom stereocenters. The van der Waals surface area contributed by atoms with Crippen LogP contribution in [0.5, 0.6) is 0 Å². The number of carbonyl (C=O) groups excluding carboxylic acids is 1. The Bertz CT molecular complexity index is 942. The number of imidazole rings is 1. The molecule has 0 unspecified atom stereocenters. The normalized spacial score (nSPS) is 14.4. The van der Waals surface area contributed by atoms with Crippen molar-refractivity contribution in [2.75, 3.05) is 0 Å². The van der Waals surface area contributed by atoms with Crippen LogP contribution in [0.4, 0.5) is 0 Å². The van der Waals surface area contributed by atoms with Crippen molar-refractivity contribution in [1.82, 2.24) is 9.55 Å². The average molecular weight is 317 g/mol. The van der Waals surface area contributed by atoms with Crippen molar-refractivity contribution >= 4 is 11.5 Å². The number of hydrogen-bond acceptors (Lipinski definition) is 4. The van der Waals surface area contributed by atoms with Crippen molar-refractivity contribution in [2.45, 2.75) is 6.61 Å². The molecule has 2 aromatic carbocycles. The fourth-order valence-corrected chi connectivity index (χ4v) is 2.85. The number of benzene rings is 2. The van der Waals surface area contributed by atoms with Gasteiger partial charge in [-0.25, -0.2) is 4.98 Å². The molecule has 1 heterocycles. The van der Waals surface area contributed by atoms with E-state index in [0.717, 1.165) is 11.1 Å². The lowest BCUT2D eigenvalue weighted by Gasteiger charge is -2.17. The lowest BCUT2D eigenvalue weighted by molar-refractivity contribution is 0.102. The lowest BCUT2D eigenvalue weighted by atomic mass is 9.89. The van der Waals surface area contributed by atoms with Gasteiger partial charge in [0.1, 0.15) is 23.7 Å². The van der Waals surface area contributed by atoms with Crippen molar-refractivity contribution in [2.24, 2.45) is 12.2 Å². The van der Waals surface area contributed by atoms with E-state index < -0.39 is 0 Å². The fourth-order valence-electron chi connectivity index (χ4n) is 2.85. The summed E-state index contributed by atoms with van der Waals surface area (Å²) in [5, 5.41) is 4.30. The monoisotopic (exact) mass is 317 g/mol. The summed E-state index contributed by atoms with van der Waals surface area (Å²) in [5.74, 6) is -0.0393. The number of oxime groups is 1. The summed E-state index contributed by atoms with van der Waals surface area (Å²) in [7, 11) is 1.81. The molecule has 0 fully saturated rings. The fraction of sp³-hybridized carbons (Fsp3) is 0.105. The highest BCUT2D eigenvalue weighted by molar-refractivity contribution is 6.28. The number of fused-ring (bicyclic) bond motifs is 2. The van der Waals surface area contributed by atoms with Crippen LogP contribution in [0.25, 0.3) is 0 Å². The highest BCUT2D eigenvalue weighted by atomic mass is 16.6. The lowest BCUT2D eigenvalue weighted by Crippen LogP contribution is -2.23. The second kappa shape index (κ2) is 5.77. The summed E-state index contributed by atoms with van der Waals surface area (Å²) in [6.45, 7) is 0.364. The highest BCUT2D eigenvalue weighted by Crippen LogP contribution is 2.26. The van der Waals surface area contributed by atoms with Crippen LogP contribution in [-0.2, 0) is 18.5 Å². The van der Waals surface area contributed by atoms with Gasteiger partial charge in [-0.3, -0.25) is 4.79 Å². The molecule has 1 aliphatic carbocycles. The quantitative estimate of drug-likeness (QED) is 0.546. The largest absolute Gasteiger partial charge is 0.390 e. The van der Waals surface area contributed by atoms with Gasteiger partial charge < -0.3 is 9.40 Å². The van der Waals surface area contributed by atoms with E-state index in [9.17, 15) is 4.79 Å². The first-order chi connectivity index (χ1) is 11.8. The van der Waals surface area contributed by atoms with Crippen LogP contribution in [0.3, 0.4) is 0 Å². The van der Waals surface area contributed by atoms with Gasteiger partial charge in [0.2, 0.25) is 5.78 Å². The molecule has 0 amide bonds. The zero-order valence-corrected chi connectivity index (χ0v) is 13.1. The Labute approximate surface area is 139 Å². The Morgan fingerprint density at radius 2 is 1.75 bits per heavy atom. The average Bonchev–Trinajstić information content (AvgIpc) is 3.01. The van der Waals surface area contributed by atoms with Gasteiger partial charge in [0.25, 0.3) is 0 Å². The SMILES string of the molecule is Cn1cnc2c1C(=O)c1ccccc1/C2=N/OCc1ccccc1. The number of carbonyl (C=O) groups is 1. The number of aromatic nitrogens is 2. The molecule has 118 valence electrons. The van der Waals surface area contributed by atoms with E-state index in [0.29, 0.717) is 29.3 Å². The number of aryl methyl sites for hydroxylation is 1. The Morgan fingerprint density at radius 3 is 2.54 bits per heavy atom. The summed E-state index contributed by atoms with van der Waals surface area (Å²) in [5.41, 5.74) is 4.10. The molecule has 0 bridgehead atoms. The Kier molecular flexibility index (Phi) is 3.46. The summed E-state index contributed by atoms with van der Waals surface area (Å²) in [4.78, 5) is 22.6. The van der Waals surface area contributed by atoms with E-state index in [1.807, 2.05) is 48.5 Å². The zero-order chi connectivity index (χ0) is 16.5. The zero-order valence-electron chi connectivity index (χ0n) is 13.1. The van der Waals surface area contributed by atoms with Crippen molar-refractivity contribution in [3.8, 4) is 0 Å². The predicted octanol–water partition coefficient (Wildman–Crippen LogP) is 2.93. The number of nitrogens with zero attached hydrogens (tertiary/aromatic N) is 3. The van der Waals surface area contributed by atoms with Gasteiger partial charge in [-0.1, -0.05) is 59.8 Å². The molecule has 4 rings (SSSR count). The van der Waals surface area contributed by atoms with Gasteiger partial charge in [-0.05, 0) is 5.56 Å². The van der Waals surface area contributed by atoms with Crippen LogP contribution in [0.15, 0.2) is 66.1 Å². The van der Waals surface area contributed by atoms with Crippen LogP contribution in [-0.4, -0.2) is 21.0 Å². The van der Waals surface area contributed by atoms with Crippen molar-refractivity contribution < 1.29 is 9.63 Å². The maximum atomic E-state index is 12.7. The molecule has 24 heavy (non-hydrogen) atoms. The van der Waals surface area contributed by atoms with Crippen LogP contribution < -0.4 is 0 Å². The molecule has 0 aliphatic heterocycles. The minimum absolute atomic E-state index is 0.0393. The van der Waals surface area contributed by atoms with Gasteiger partial charge in [0.15, 0.2) is 0 Å². The summed E-state index contributed by atoms with van der Waals surface area (Å²) >= 11 is 0. The minimum Gasteiger partial charge on any atom is -0.390 e. The second-order valence-electron chi connectivity index (χ2n) is 5.63. The van der Waals surface area contributed by atoms with E-state index >= 15 is 0 Å². The first kappa shape index (κ1) is 14.4. The molecule has 5 heteroatoms. The summed E-state index contributed by atoms with van der Waals surface area (Å²) in [6, 6.07) is 17.2. The summed E-state index contributed by atoms with van der Waals surface area (Å²) in [6.07, 6.45) is 1.63. The van der Waals surface area contributed by atoms with E-state index in [-0.39, 0.29) is 5.78 Å². The van der Waals surface area contributed by atoms with E-state index in [1.165, 1.54) is 0 Å². The Morgan fingerprint density at radius 1 is 1.04 bits per heavy atom. The van der Waals surface area contributed by atoms with Gasteiger partial charge in [0, 0.05) is 18.2 Å². The maximum absolute atomic E-state index is 12.7. The second-order valence-corrected chi connectivity index (χ2v) is 5.63. The molecule has 0 N–H and O–H groups in total. The number of rotatable bonds is 3. The first-order valence-electron chi connectivity index (χ1n) is 7.65. The molecular formula is C19H15N3O2. The van der Waals surface area contributed by atoms with E-state index in [1.54, 1.807) is 24.0 Å². The smallest absolute Gasteiger partial charge is 0.212 e. The number of hydrogen-bond donors (Lipinski definition) is 0. The van der Waals surface area contributed by atoms with Gasteiger partial charge in [0.05, 0.1) is 6.33 Å². The van der Waals surface area contributed by atoms with Gasteiger partial charge in [-0.15, -0.1) is 0 Å². The van der Waals surface area contributed by atoms with Crippen LogP contribution in [0, 0.1) is 0 Å². The molecule has 0 saturated carbocycles. The maximum Gasteiger partial charge on any atom is 0.212 e. The molecule has 3 aromatic rings. The summed E-state index contributed by atoms with van der Waals surface area (Å²) < 4.78 is 1.72. The minimum atomic E-state index is -0.0393. The molecule has 1 aliphatic rings. The van der Waals surface area contributed by atoms with E-state index in [4.69, 9.17) is 4.84 Å². The standard InChI is InChI=1S/C19H15N3O2/c1-22-12-20-17-16(21-24-11-13-7-3-2-4-8-13)14-9-5-6-10-15(14)19(23)18(17)22/h2-10,12H,11H2,1H3/b21-16-. The molecule has 1 aromatic heterocycles. The van der Waals surface area contributed by atoms with Crippen molar-refractivity contribution in [3.05, 3.63) is 89.0 Å². The molecule has 5 nitrogen and oxygen atoms in total. The van der Waals surface area contributed by atoms with Gasteiger partial charge in [-0.2, -0.15) is 0 Å². The van der Waals surface area contributed by atoms with Crippen LogP contribution in [0.1, 0.15) is 32.9 Å².